The molecule has 0 bridgehead atoms. The van der Waals surface area contributed by atoms with E-state index in [0.29, 0.717) is 37.9 Å². The molecular formula is C13H24ClNO2. The quantitative estimate of drug-likeness (QED) is 0.660. The molecule has 0 radical (unpaired) electrons. The Kier molecular flexibility index (Phi) is 7.62. The summed E-state index contributed by atoms with van der Waals surface area (Å²) in [7, 11) is 1.66. The van der Waals surface area contributed by atoms with Crippen LogP contribution in [0.25, 0.3) is 0 Å². The highest BCUT2D eigenvalue weighted by atomic mass is 35.5. The van der Waals surface area contributed by atoms with Crippen molar-refractivity contribution in [1.29, 1.82) is 0 Å². The third-order valence-electron chi connectivity index (χ3n) is 3.46. The van der Waals surface area contributed by atoms with Gasteiger partial charge in [0.25, 0.3) is 0 Å². The SMILES string of the molecule is COCCN(CCCl)C(=O)CC1CCCCC1. The predicted molar refractivity (Wildman–Crippen MR) is 70.4 cm³/mol. The summed E-state index contributed by atoms with van der Waals surface area (Å²) < 4.78 is 5.02. The second kappa shape index (κ2) is 8.76. The van der Waals surface area contributed by atoms with Crippen molar-refractivity contribution >= 4 is 17.5 Å². The highest BCUT2D eigenvalue weighted by Crippen LogP contribution is 2.26. The van der Waals surface area contributed by atoms with E-state index in [-0.39, 0.29) is 5.91 Å². The Bertz CT molecular complexity index is 217. The van der Waals surface area contributed by atoms with Gasteiger partial charge in [0.15, 0.2) is 0 Å². The zero-order chi connectivity index (χ0) is 12.5. The molecular weight excluding hydrogens is 238 g/mol. The lowest BCUT2D eigenvalue weighted by molar-refractivity contribution is -0.132. The number of methoxy groups -OCH3 is 1. The van der Waals surface area contributed by atoms with Crippen molar-refractivity contribution in [3.05, 3.63) is 0 Å². The molecule has 0 aromatic heterocycles. The number of carbonyl (C=O) groups is 1. The molecule has 4 heteroatoms. The van der Waals surface area contributed by atoms with Gasteiger partial charge in [-0.1, -0.05) is 19.3 Å². The molecule has 0 N–H and O–H groups in total. The third-order valence-corrected chi connectivity index (χ3v) is 3.63. The van der Waals surface area contributed by atoms with Crippen molar-refractivity contribution < 1.29 is 9.53 Å². The van der Waals surface area contributed by atoms with Gasteiger partial charge in [-0.25, -0.2) is 0 Å². The normalized spacial score (nSPS) is 17.1. The van der Waals surface area contributed by atoms with Crippen LogP contribution in [0.4, 0.5) is 0 Å². The molecule has 0 spiro atoms. The minimum absolute atomic E-state index is 0.245. The molecule has 1 fully saturated rings. The minimum Gasteiger partial charge on any atom is -0.383 e. The number of nitrogens with zero attached hydrogens (tertiary/aromatic N) is 1. The lowest BCUT2D eigenvalue weighted by atomic mass is 9.86. The van der Waals surface area contributed by atoms with Crippen LogP contribution in [0.2, 0.25) is 0 Å². The summed E-state index contributed by atoms with van der Waals surface area (Å²) in [5.74, 6) is 1.34. The van der Waals surface area contributed by atoms with Gasteiger partial charge < -0.3 is 9.64 Å². The lowest BCUT2D eigenvalue weighted by Gasteiger charge is -2.26. The Balaban J connectivity index is 2.34. The maximum atomic E-state index is 12.1. The van der Waals surface area contributed by atoms with Gasteiger partial charge >= 0.3 is 0 Å². The Morgan fingerprint density at radius 3 is 2.59 bits per heavy atom. The Morgan fingerprint density at radius 1 is 1.29 bits per heavy atom. The van der Waals surface area contributed by atoms with Crippen LogP contribution in [0.5, 0.6) is 0 Å². The van der Waals surface area contributed by atoms with E-state index in [1.54, 1.807) is 7.11 Å². The van der Waals surface area contributed by atoms with Gasteiger partial charge in [0, 0.05) is 32.5 Å². The van der Waals surface area contributed by atoms with Crippen LogP contribution in [0.15, 0.2) is 0 Å². The molecule has 0 aromatic carbocycles. The van der Waals surface area contributed by atoms with E-state index in [1.807, 2.05) is 4.90 Å². The average Bonchev–Trinajstić information content (AvgIpc) is 2.35. The third kappa shape index (κ3) is 5.73. The van der Waals surface area contributed by atoms with Gasteiger partial charge in [-0.15, -0.1) is 11.6 Å². The molecule has 1 amide bonds. The molecule has 1 aliphatic rings. The summed E-state index contributed by atoms with van der Waals surface area (Å²) in [5.41, 5.74) is 0. The van der Waals surface area contributed by atoms with Crippen molar-refractivity contribution in [2.45, 2.75) is 38.5 Å². The van der Waals surface area contributed by atoms with Crippen LogP contribution in [0.3, 0.4) is 0 Å². The predicted octanol–water partition coefficient (Wildman–Crippen LogP) is 2.67. The van der Waals surface area contributed by atoms with Gasteiger partial charge in [0.2, 0.25) is 5.91 Å². The average molecular weight is 262 g/mol. The number of halogens is 1. The Hall–Kier alpha value is -0.280. The number of carbonyl (C=O) groups excluding carboxylic acids is 1. The number of alkyl halides is 1. The van der Waals surface area contributed by atoms with Gasteiger partial charge in [-0.3, -0.25) is 4.79 Å². The van der Waals surface area contributed by atoms with E-state index in [0.717, 1.165) is 0 Å². The molecule has 0 saturated heterocycles. The molecule has 1 aliphatic carbocycles. The minimum atomic E-state index is 0.245. The fraction of sp³-hybridized carbons (Fsp3) is 0.923. The van der Waals surface area contributed by atoms with Crippen molar-refractivity contribution in [2.75, 3.05) is 32.7 Å². The lowest BCUT2D eigenvalue weighted by Crippen LogP contribution is -2.36. The zero-order valence-electron chi connectivity index (χ0n) is 10.8. The van der Waals surface area contributed by atoms with Crippen molar-refractivity contribution in [1.82, 2.24) is 4.90 Å². The Labute approximate surface area is 109 Å². The number of amides is 1. The molecule has 1 saturated carbocycles. The van der Waals surface area contributed by atoms with Gasteiger partial charge in [-0.05, 0) is 18.8 Å². The second-order valence-corrected chi connectivity index (χ2v) is 5.15. The van der Waals surface area contributed by atoms with E-state index in [9.17, 15) is 4.79 Å². The van der Waals surface area contributed by atoms with E-state index in [2.05, 4.69) is 0 Å². The Morgan fingerprint density at radius 2 is 2.00 bits per heavy atom. The zero-order valence-corrected chi connectivity index (χ0v) is 11.5. The molecule has 3 nitrogen and oxygen atoms in total. The summed E-state index contributed by atoms with van der Waals surface area (Å²) in [6.07, 6.45) is 7.02. The van der Waals surface area contributed by atoms with E-state index >= 15 is 0 Å². The van der Waals surface area contributed by atoms with Crippen LogP contribution >= 0.6 is 11.6 Å². The summed E-state index contributed by atoms with van der Waals surface area (Å²) >= 11 is 5.73. The smallest absolute Gasteiger partial charge is 0.222 e. The number of rotatable bonds is 7. The van der Waals surface area contributed by atoms with Crippen LogP contribution in [-0.4, -0.2) is 43.5 Å². The number of hydrogen-bond acceptors (Lipinski definition) is 2. The van der Waals surface area contributed by atoms with Crippen molar-refractivity contribution in [3.63, 3.8) is 0 Å². The molecule has 0 heterocycles. The summed E-state index contributed by atoms with van der Waals surface area (Å²) in [6, 6.07) is 0. The molecule has 0 unspecified atom stereocenters. The standard InChI is InChI=1S/C13H24ClNO2/c1-17-10-9-15(8-7-14)13(16)11-12-5-3-2-4-6-12/h12H,2-11H2,1H3. The highest BCUT2D eigenvalue weighted by Gasteiger charge is 2.20. The van der Waals surface area contributed by atoms with Gasteiger partial charge in [0.05, 0.1) is 6.61 Å². The topological polar surface area (TPSA) is 29.5 Å². The summed E-state index contributed by atoms with van der Waals surface area (Å²) in [4.78, 5) is 14.0. The molecule has 0 aliphatic heterocycles. The molecule has 17 heavy (non-hydrogen) atoms. The molecule has 1 rings (SSSR count). The first-order valence-electron chi connectivity index (χ1n) is 6.60. The van der Waals surface area contributed by atoms with E-state index in [1.165, 1.54) is 32.1 Å². The first-order chi connectivity index (χ1) is 8.27. The van der Waals surface area contributed by atoms with Gasteiger partial charge in [-0.2, -0.15) is 0 Å². The monoisotopic (exact) mass is 261 g/mol. The maximum absolute atomic E-state index is 12.1. The van der Waals surface area contributed by atoms with Crippen LogP contribution in [-0.2, 0) is 9.53 Å². The highest BCUT2D eigenvalue weighted by molar-refractivity contribution is 6.18. The molecule has 0 aromatic rings. The maximum Gasteiger partial charge on any atom is 0.222 e. The largest absolute Gasteiger partial charge is 0.383 e. The molecule has 0 atom stereocenters. The van der Waals surface area contributed by atoms with Crippen LogP contribution in [0, 0.1) is 5.92 Å². The molecule has 100 valence electrons. The second-order valence-electron chi connectivity index (χ2n) is 4.77. The summed E-state index contributed by atoms with van der Waals surface area (Å²) in [5, 5.41) is 0. The number of hydrogen-bond donors (Lipinski definition) is 0. The fourth-order valence-corrected chi connectivity index (χ4v) is 2.64. The van der Waals surface area contributed by atoms with Crippen LogP contribution in [0.1, 0.15) is 38.5 Å². The van der Waals surface area contributed by atoms with Crippen molar-refractivity contribution in [2.24, 2.45) is 5.92 Å². The first kappa shape index (κ1) is 14.8. The summed E-state index contributed by atoms with van der Waals surface area (Å²) in [6.45, 7) is 1.89. The number of ether oxygens (including phenoxy) is 1. The van der Waals surface area contributed by atoms with Crippen LogP contribution < -0.4 is 0 Å². The first-order valence-corrected chi connectivity index (χ1v) is 7.14. The fourth-order valence-electron chi connectivity index (χ4n) is 2.43. The van der Waals surface area contributed by atoms with Gasteiger partial charge in [0.1, 0.15) is 0 Å². The van der Waals surface area contributed by atoms with E-state index < -0.39 is 0 Å². The van der Waals surface area contributed by atoms with Crippen molar-refractivity contribution in [3.8, 4) is 0 Å². The van der Waals surface area contributed by atoms with E-state index in [4.69, 9.17) is 16.3 Å².